The molecule has 1 aromatic carbocycles. The molecule has 1 aliphatic heterocycles. The number of nitrogens with zero attached hydrogens (tertiary/aromatic N) is 3. The first kappa shape index (κ1) is 21.9. The van der Waals surface area contributed by atoms with Gasteiger partial charge in [0.05, 0.1) is 4.92 Å². The molecule has 0 N–H and O–H groups in total. The molecule has 0 spiro atoms. The lowest BCUT2D eigenvalue weighted by Gasteiger charge is -2.34. The standard InChI is InChI=1S/C19H26ClN3O5/c1-19(2,3)28-18(25)21(4)12-13-7-9-22(10-8-13)17(24)15-6-5-14(20)11-16(15)23(26)27/h5-6,11,13H,7-10,12H2,1-4H3. The second-order valence-electron chi connectivity index (χ2n) is 8.02. The Hall–Kier alpha value is -2.35. The summed E-state index contributed by atoms with van der Waals surface area (Å²) in [5, 5.41) is 11.4. The minimum atomic E-state index is -0.596. The number of carbonyl (C=O) groups is 2. The van der Waals surface area contributed by atoms with Gasteiger partial charge < -0.3 is 14.5 Å². The largest absolute Gasteiger partial charge is 0.444 e. The molecule has 0 aliphatic carbocycles. The molecule has 0 atom stereocenters. The predicted molar refractivity (Wildman–Crippen MR) is 106 cm³/mol. The Balaban J connectivity index is 1.94. The Morgan fingerprint density at radius 1 is 1.32 bits per heavy atom. The first-order valence-electron chi connectivity index (χ1n) is 9.15. The summed E-state index contributed by atoms with van der Waals surface area (Å²) in [7, 11) is 1.70. The number of amides is 2. The Bertz CT molecular complexity index is 754. The third-order valence-corrected chi connectivity index (χ3v) is 4.76. The lowest BCUT2D eigenvalue weighted by molar-refractivity contribution is -0.385. The number of carbonyl (C=O) groups excluding carboxylic acids is 2. The number of hydrogen-bond donors (Lipinski definition) is 0. The van der Waals surface area contributed by atoms with Gasteiger partial charge in [-0.05, 0) is 51.7 Å². The van der Waals surface area contributed by atoms with E-state index in [0.29, 0.717) is 32.5 Å². The van der Waals surface area contributed by atoms with Gasteiger partial charge in [-0.25, -0.2) is 4.79 Å². The fourth-order valence-electron chi connectivity index (χ4n) is 3.13. The number of nitro benzene ring substituents is 1. The second-order valence-corrected chi connectivity index (χ2v) is 8.45. The van der Waals surface area contributed by atoms with Crippen molar-refractivity contribution in [2.24, 2.45) is 5.92 Å². The first-order valence-corrected chi connectivity index (χ1v) is 9.53. The molecule has 1 aromatic rings. The molecule has 154 valence electrons. The molecule has 1 saturated heterocycles. The molecule has 28 heavy (non-hydrogen) atoms. The average molecular weight is 412 g/mol. The van der Waals surface area contributed by atoms with Crippen LogP contribution in [0.5, 0.6) is 0 Å². The molecule has 0 saturated carbocycles. The molecule has 1 fully saturated rings. The molecule has 0 aromatic heterocycles. The van der Waals surface area contributed by atoms with Crippen molar-refractivity contribution in [2.75, 3.05) is 26.7 Å². The van der Waals surface area contributed by atoms with Crippen molar-refractivity contribution in [1.82, 2.24) is 9.80 Å². The Morgan fingerprint density at radius 3 is 2.46 bits per heavy atom. The van der Waals surface area contributed by atoms with Gasteiger partial charge in [0.15, 0.2) is 0 Å². The van der Waals surface area contributed by atoms with E-state index in [-0.39, 0.29) is 34.2 Å². The lowest BCUT2D eigenvalue weighted by atomic mass is 9.95. The highest BCUT2D eigenvalue weighted by atomic mass is 35.5. The zero-order valence-electron chi connectivity index (χ0n) is 16.6. The van der Waals surface area contributed by atoms with E-state index in [0.717, 1.165) is 0 Å². The van der Waals surface area contributed by atoms with E-state index in [1.54, 1.807) is 16.8 Å². The fourth-order valence-corrected chi connectivity index (χ4v) is 3.29. The van der Waals surface area contributed by atoms with Gasteiger partial charge in [0, 0.05) is 37.8 Å². The average Bonchev–Trinajstić information content (AvgIpc) is 2.60. The second kappa shape index (κ2) is 8.77. The Morgan fingerprint density at radius 2 is 1.93 bits per heavy atom. The van der Waals surface area contributed by atoms with Crippen LogP contribution in [0.4, 0.5) is 10.5 Å². The predicted octanol–water partition coefficient (Wildman–Crippen LogP) is 3.97. The van der Waals surface area contributed by atoms with Gasteiger partial charge in [0.1, 0.15) is 11.2 Å². The van der Waals surface area contributed by atoms with Crippen LogP contribution in [0.25, 0.3) is 0 Å². The van der Waals surface area contributed by atoms with Gasteiger partial charge in [-0.1, -0.05) is 11.6 Å². The van der Waals surface area contributed by atoms with Crippen molar-refractivity contribution in [3.63, 3.8) is 0 Å². The third kappa shape index (κ3) is 5.82. The summed E-state index contributed by atoms with van der Waals surface area (Å²) < 4.78 is 5.35. The summed E-state index contributed by atoms with van der Waals surface area (Å²) in [6.07, 6.45) is 1.04. The minimum Gasteiger partial charge on any atom is -0.444 e. The normalized spacial score (nSPS) is 15.2. The van der Waals surface area contributed by atoms with Gasteiger partial charge in [-0.3, -0.25) is 14.9 Å². The van der Waals surface area contributed by atoms with Gasteiger partial charge in [0.2, 0.25) is 0 Å². The van der Waals surface area contributed by atoms with Crippen molar-refractivity contribution in [1.29, 1.82) is 0 Å². The smallest absolute Gasteiger partial charge is 0.410 e. The van der Waals surface area contributed by atoms with E-state index in [1.807, 2.05) is 20.8 Å². The molecule has 9 heteroatoms. The van der Waals surface area contributed by atoms with Crippen LogP contribution >= 0.6 is 11.6 Å². The summed E-state index contributed by atoms with van der Waals surface area (Å²) >= 11 is 5.81. The van der Waals surface area contributed by atoms with Crippen LogP contribution in [0.3, 0.4) is 0 Å². The highest BCUT2D eigenvalue weighted by Crippen LogP contribution is 2.27. The quantitative estimate of drug-likeness (QED) is 0.552. The van der Waals surface area contributed by atoms with E-state index >= 15 is 0 Å². The van der Waals surface area contributed by atoms with Crippen molar-refractivity contribution in [3.8, 4) is 0 Å². The SMILES string of the molecule is CN(CC1CCN(C(=O)c2ccc(Cl)cc2[N+](=O)[O-])CC1)C(=O)OC(C)(C)C. The number of hydrogen-bond acceptors (Lipinski definition) is 5. The van der Waals surface area contributed by atoms with Gasteiger partial charge in [0.25, 0.3) is 11.6 Å². The van der Waals surface area contributed by atoms with E-state index in [2.05, 4.69) is 0 Å². The van der Waals surface area contributed by atoms with E-state index in [9.17, 15) is 19.7 Å². The molecule has 2 amide bonds. The zero-order valence-corrected chi connectivity index (χ0v) is 17.4. The lowest BCUT2D eigenvalue weighted by Crippen LogP contribution is -2.43. The Kier molecular flexibility index (Phi) is 6.87. The number of halogens is 1. The number of rotatable bonds is 4. The van der Waals surface area contributed by atoms with Crippen LogP contribution in [0.1, 0.15) is 44.0 Å². The maximum Gasteiger partial charge on any atom is 0.410 e. The molecular weight excluding hydrogens is 386 g/mol. The van der Waals surface area contributed by atoms with Crippen molar-refractivity contribution in [3.05, 3.63) is 38.9 Å². The van der Waals surface area contributed by atoms with Crippen LogP contribution in [0, 0.1) is 16.0 Å². The highest BCUT2D eigenvalue weighted by Gasteiger charge is 2.30. The van der Waals surface area contributed by atoms with Gasteiger partial charge in [-0.2, -0.15) is 0 Å². The molecule has 1 heterocycles. The maximum atomic E-state index is 12.7. The van der Waals surface area contributed by atoms with Crippen LogP contribution in [-0.2, 0) is 4.74 Å². The van der Waals surface area contributed by atoms with E-state index in [4.69, 9.17) is 16.3 Å². The molecular formula is C19H26ClN3O5. The van der Waals surface area contributed by atoms with Crippen LogP contribution in [-0.4, -0.2) is 59.0 Å². The number of nitro groups is 1. The molecule has 0 radical (unpaired) electrons. The van der Waals surface area contributed by atoms with E-state index < -0.39 is 10.5 Å². The number of likely N-dealkylation sites (tertiary alicyclic amines) is 1. The van der Waals surface area contributed by atoms with Crippen LogP contribution in [0.2, 0.25) is 5.02 Å². The first-order chi connectivity index (χ1) is 13.0. The van der Waals surface area contributed by atoms with Crippen molar-refractivity contribution < 1.29 is 19.2 Å². The summed E-state index contributed by atoms with van der Waals surface area (Å²) in [6.45, 7) is 6.95. The summed E-state index contributed by atoms with van der Waals surface area (Å²) in [6, 6.07) is 4.06. The highest BCUT2D eigenvalue weighted by molar-refractivity contribution is 6.31. The maximum absolute atomic E-state index is 12.7. The molecule has 1 aliphatic rings. The minimum absolute atomic E-state index is 0.0405. The number of benzene rings is 1. The fraction of sp³-hybridized carbons (Fsp3) is 0.579. The zero-order chi connectivity index (χ0) is 21.1. The van der Waals surface area contributed by atoms with Gasteiger partial charge >= 0.3 is 6.09 Å². The van der Waals surface area contributed by atoms with Crippen LogP contribution in [0.15, 0.2) is 18.2 Å². The summed E-state index contributed by atoms with van der Waals surface area (Å²) in [5.74, 6) is -0.135. The van der Waals surface area contributed by atoms with Crippen molar-refractivity contribution in [2.45, 2.75) is 39.2 Å². The summed E-state index contributed by atoms with van der Waals surface area (Å²) in [5.41, 5.74) is -0.794. The summed E-state index contributed by atoms with van der Waals surface area (Å²) in [4.78, 5) is 38.6. The van der Waals surface area contributed by atoms with Crippen LogP contribution < -0.4 is 0 Å². The van der Waals surface area contributed by atoms with E-state index in [1.165, 1.54) is 18.2 Å². The molecule has 8 nitrogen and oxygen atoms in total. The van der Waals surface area contributed by atoms with Gasteiger partial charge in [-0.15, -0.1) is 0 Å². The molecule has 0 unspecified atom stereocenters. The molecule has 0 bridgehead atoms. The number of ether oxygens (including phenoxy) is 1. The van der Waals surface area contributed by atoms with Crippen molar-refractivity contribution >= 4 is 29.3 Å². The monoisotopic (exact) mass is 411 g/mol. The Labute approximate surface area is 169 Å². The molecule has 2 rings (SSSR count). The number of piperidine rings is 1. The topological polar surface area (TPSA) is 93.0 Å². The third-order valence-electron chi connectivity index (χ3n) is 4.53.